The van der Waals surface area contributed by atoms with E-state index in [9.17, 15) is 29.3 Å². The third-order valence-corrected chi connectivity index (χ3v) is 8.39. The summed E-state index contributed by atoms with van der Waals surface area (Å²) in [6, 6.07) is 10.4. The SMILES string of the molecule is Cc1cc(OC(=O)[C@@H]2CC(=O)N(c3ccc([N+](=O)[O-])cc3)C2)ccc1N1C(=O)[C@@H]2[C@H]3CC[C@@H](C3)[C@@H]2C1=O. The molecule has 2 aromatic rings. The molecule has 0 radical (unpaired) electrons. The molecule has 2 aliphatic heterocycles. The highest BCUT2D eigenvalue weighted by atomic mass is 16.6. The van der Waals surface area contributed by atoms with Crippen molar-refractivity contribution in [3.63, 3.8) is 0 Å². The van der Waals surface area contributed by atoms with E-state index in [4.69, 9.17) is 4.74 Å². The highest BCUT2D eigenvalue weighted by molar-refractivity contribution is 6.23. The van der Waals surface area contributed by atoms with Crippen molar-refractivity contribution in [2.45, 2.75) is 32.6 Å². The Hall–Kier alpha value is -4.08. The Morgan fingerprint density at radius 3 is 2.24 bits per heavy atom. The van der Waals surface area contributed by atoms with Gasteiger partial charge in [-0.1, -0.05) is 0 Å². The summed E-state index contributed by atoms with van der Waals surface area (Å²) in [4.78, 5) is 64.7. The molecular weight excluding hydrogens is 478 g/mol. The summed E-state index contributed by atoms with van der Waals surface area (Å²) in [5.41, 5.74) is 1.56. The lowest BCUT2D eigenvalue weighted by Crippen LogP contribution is -2.33. The normalized spacial score (nSPS) is 28.2. The van der Waals surface area contributed by atoms with E-state index >= 15 is 0 Å². The van der Waals surface area contributed by atoms with Crippen LogP contribution in [-0.2, 0) is 19.2 Å². The van der Waals surface area contributed by atoms with E-state index in [1.54, 1.807) is 25.1 Å². The molecule has 2 saturated carbocycles. The first-order chi connectivity index (χ1) is 17.7. The van der Waals surface area contributed by atoms with Gasteiger partial charge < -0.3 is 9.64 Å². The van der Waals surface area contributed by atoms with E-state index in [-0.39, 0.29) is 54.0 Å². The van der Waals surface area contributed by atoms with E-state index in [2.05, 4.69) is 0 Å². The van der Waals surface area contributed by atoms with Gasteiger partial charge in [0.2, 0.25) is 17.7 Å². The fourth-order valence-electron chi connectivity index (χ4n) is 6.66. The molecule has 0 spiro atoms. The van der Waals surface area contributed by atoms with Gasteiger partial charge >= 0.3 is 5.97 Å². The van der Waals surface area contributed by atoms with Crippen molar-refractivity contribution in [2.24, 2.45) is 29.6 Å². The van der Waals surface area contributed by atoms with Crippen LogP contribution in [0.5, 0.6) is 5.75 Å². The zero-order chi connectivity index (χ0) is 26.0. The summed E-state index contributed by atoms with van der Waals surface area (Å²) in [6.45, 7) is 1.87. The van der Waals surface area contributed by atoms with Crippen molar-refractivity contribution in [3.05, 3.63) is 58.1 Å². The van der Waals surface area contributed by atoms with Crippen LogP contribution in [0.1, 0.15) is 31.2 Å². The molecule has 0 unspecified atom stereocenters. The molecule has 2 aliphatic carbocycles. The average Bonchev–Trinajstić information content (AvgIpc) is 3.63. The number of imide groups is 1. The number of non-ortho nitro benzene ring substituents is 1. The number of carbonyl (C=O) groups is 4. The first-order valence-electron chi connectivity index (χ1n) is 12.5. The molecule has 2 bridgehead atoms. The van der Waals surface area contributed by atoms with E-state index in [1.807, 2.05) is 0 Å². The van der Waals surface area contributed by atoms with Crippen LogP contribution in [0.3, 0.4) is 0 Å². The molecule has 5 atom stereocenters. The molecule has 4 fully saturated rings. The second-order valence-electron chi connectivity index (χ2n) is 10.4. The van der Waals surface area contributed by atoms with Gasteiger partial charge in [0.1, 0.15) is 5.75 Å². The van der Waals surface area contributed by atoms with Crippen molar-refractivity contribution in [1.29, 1.82) is 0 Å². The number of nitrogens with zero attached hydrogens (tertiary/aromatic N) is 3. The van der Waals surface area contributed by atoms with Gasteiger partial charge in [-0.25, -0.2) is 4.90 Å². The van der Waals surface area contributed by atoms with Crippen molar-refractivity contribution in [1.82, 2.24) is 0 Å². The number of esters is 1. The Morgan fingerprint density at radius 1 is 1.00 bits per heavy atom. The number of hydrogen-bond donors (Lipinski definition) is 0. The van der Waals surface area contributed by atoms with Crippen LogP contribution in [0.4, 0.5) is 17.1 Å². The number of hydrogen-bond acceptors (Lipinski definition) is 7. The Bertz CT molecular complexity index is 1330. The number of aryl methyl sites for hydroxylation is 1. The number of rotatable bonds is 5. The molecule has 10 heteroatoms. The van der Waals surface area contributed by atoms with Crippen molar-refractivity contribution in [2.75, 3.05) is 16.3 Å². The average molecular weight is 504 g/mol. The second-order valence-corrected chi connectivity index (χ2v) is 10.4. The standard InChI is InChI=1S/C27H25N3O7/c1-14-10-20(8-9-21(14)29-25(32)23-15-2-3-16(11-15)24(23)26(29)33)37-27(34)17-12-22(31)28(13-17)18-4-6-19(7-5-18)30(35)36/h4-10,15-17,23-24H,2-3,11-13H2,1H3/t15-,16-,17+,23-,24+/m0/s1. The van der Waals surface area contributed by atoms with E-state index in [0.29, 0.717) is 28.8 Å². The predicted molar refractivity (Wildman–Crippen MR) is 131 cm³/mol. The van der Waals surface area contributed by atoms with E-state index < -0.39 is 16.8 Å². The van der Waals surface area contributed by atoms with Gasteiger partial charge in [0.25, 0.3) is 5.69 Å². The fraction of sp³-hybridized carbons (Fsp3) is 0.407. The Morgan fingerprint density at radius 2 is 1.65 bits per heavy atom. The summed E-state index contributed by atoms with van der Waals surface area (Å²) in [6.07, 6.45) is 2.96. The summed E-state index contributed by atoms with van der Waals surface area (Å²) in [7, 11) is 0. The molecule has 10 nitrogen and oxygen atoms in total. The highest BCUT2D eigenvalue weighted by Crippen LogP contribution is 2.56. The van der Waals surface area contributed by atoms with Crippen LogP contribution in [-0.4, -0.2) is 35.2 Å². The molecule has 2 aromatic carbocycles. The Balaban J connectivity index is 1.14. The Labute approximate surface area is 212 Å². The zero-order valence-corrected chi connectivity index (χ0v) is 20.2. The van der Waals surface area contributed by atoms with Crippen molar-refractivity contribution in [3.8, 4) is 5.75 Å². The number of amides is 3. The molecule has 0 aromatic heterocycles. The lowest BCUT2D eigenvalue weighted by molar-refractivity contribution is -0.384. The molecule has 4 aliphatic rings. The third kappa shape index (κ3) is 3.70. The van der Waals surface area contributed by atoms with Crippen LogP contribution < -0.4 is 14.5 Å². The smallest absolute Gasteiger partial charge is 0.316 e. The molecule has 2 heterocycles. The molecule has 190 valence electrons. The lowest BCUT2D eigenvalue weighted by atomic mass is 9.81. The van der Waals surface area contributed by atoms with Crippen molar-refractivity contribution < 1.29 is 28.8 Å². The minimum atomic E-state index is -0.695. The summed E-state index contributed by atoms with van der Waals surface area (Å²) >= 11 is 0. The number of benzene rings is 2. The number of fused-ring (bicyclic) bond motifs is 5. The minimum absolute atomic E-state index is 0.0330. The van der Waals surface area contributed by atoms with Crippen LogP contribution in [0, 0.1) is 46.6 Å². The molecule has 6 rings (SSSR count). The number of carbonyl (C=O) groups excluding carboxylic acids is 4. The molecule has 2 saturated heterocycles. The quantitative estimate of drug-likeness (QED) is 0.201. The van der Waals surface area contributed by atoms with Crippen LogP contribution in [0.15, 0.2) is 42.5 Å². The number of nitro benzene ring substituents is 1. The largest absolute Gasteiger partial charge is 0.426 e. The summed E-state index contributed by atoms with van der Waals surface area (Å²) in [5, 5.41) is 10.9. The van der Waals surface area contributed by atoms with Gasteiger partial charge in [-0.2, -0.15) is 0 Å². The van der Waals surface area contributed by atoms with E-state index in [0.717, 1.165) is 19.3 Å². The predicted octanol–water partition coefficient (Wildman–Crippen LogP) is 3.40. The number of ether oxygens (including phenoxy) is 1. The second kappa shape index (κ2) is 8.50. The molecular formula is C27H25N3O7. The summed E-state index contributed by atoms with van der Waals surface area (Å²) < 4.78 is 5.56. The summed E-state index contributed by atoms with van der Waals surface area (Å²) in [5.74, 6) is -1.31. The maximum Gasteiger partial charge on any atom is 0.316 e. The van der Waals surface area contributed by atoms with Gasteiger partial charge in [-0.05, 0) is 73.9 Å². The topological polar surface area (TPSA) is 127 Å². The highest BCUT2D eigenvalue weighted by Gasteiger charge is 2.61. The van der Waals surface area contributed by atoms with Gasteiger partial charge in [-0.3, -0.25) is 29.3 Å². The van der Waals surface area contributed by atoms with Gasteiger partial charge in [0, 0.05) is 30.8 Å². The minimum Gasteiger partial charge on any atom is -0.426 e. The lowest BCUT2D eigenvalue weighted by Gasteiger charge is -2.20. The van der Waals surface area contributed by atoms with E-state index in [1.165, 1.54) is 34.1 Å². The molecule has 0 N–H and O–H groups in total. The van der Waals surface area contributed by atoms with Crippen LogP contribution in [0.2, 0.25) is 0 Å². The first kappa shape index (κ1) is 23.3. The van der Waals surface area contributed by atoms with Gasteiger partial charge in [0.05, 0.1) is 28.4 Å². The zero-order valence-electron chi connectivity index (χ0n) is 20.2. The molecule has 37 heavy (non-hydrogen) atoms. The maximum absolute atomic E-state index is 13.2. The van der Waals surface area contributed by atoms with Crippen molar-refractivity contribution >= 4 is 40.8 Å². The van der Waals surface area contributed by atoms with Crippen LogP contribution >= 0.6 is 0 Å². The van der Waals surface area contributed by atoms with Gasteiger partial charge in [0.15, 0.2) is 0 Å². The number of anilines is 2. The number of nitro groups is 1. The monoisotopic (exact) mass is 503 g/mol. The fourth-order valence-corrected chi connectivity index (χ4v) is 6.66. The van der Waals surface area contributed by atoms with Crippen LogP contribution in [0.25, 0.3) is 0 Å². The van der Waals surface area contributed by atoms with Gasteiger partial charge in [-0.15, -0.1) is 0 Å². The Kier molecular flexibility index (Phi) is 5.36. The first-order valence-corrected chi connectivity index (χ1v) is 12.5. The molecule has 3 amide bonds. The third-order valence-electron chi connectivity index (χ3n) is 8.39. The maximum atomic E-state index is 13.2.